The Hall–Kier alpha value is -3.90. The van der Waals surface area contributed by atoms with E-state index < -0.39 is 23.6 Å². The van der Waals surface area contributed by atoms with Crippen LogP contribution >= 0.6 is 0 Å². The molecule has 0 amide bonds. The summed E-state index contributed by atoms with van der Waals surface area (Å²) >= 11 is 0. The van der Waals surface area contributed by atoms with Gasteiger partial charge < -0.3 is 9.84 Å². The van der Waals surface area contributed by atoms with Gasteiger partial charge in [-0.2, -0.15) is 5.10 Å². The Balaban J connectivity index is 1.47. The molecule has 0 aliphatic carbocycles. The van der Waals surface area contributed by atoms with Crippen LogP contribution in [0.5, 0.6) is 5.75 Å². The molecule has 0 bridgehead atoms. The predicted octanol–water partition coefficient (Wildman–Crippen LogP) is 4.54. The van der Waals surface area contributed by atoms with Crippen molar-refractivity contribution in [3.05, 3.63) is 96.2 Å². The molecule has 1 unspecified atom stereocenters. The first-order valence-corrected chi connectivity index (χ1v) is 11.0. The number of rotatable bonds is 9. The van der Waals surface area contributed by atoms with Crippen molar-refractivity contribution in [3.63, 3.8) is 0 Å². The van der Waals surface area contributed by atoms with Gasteiger partial charge in [0.25, 0.3) is 0 Å². The molecule has 2 aromatic heterocycles. The van der Waals surface area contributed by atoms with Gasteiger partial charge in [-0.15, -0.1) is 13.2 Å². The normalized spacial score (nSPS) is 13.5. The van der Waals surface area contributed by atoms with E-state index in [2.05, 4.69) is 19.8 Å². The van der Waals surface area contributed by atoms with Crippen molar-refractivity contribution < 1.29 is 31.8 Å². The highest BCUT2D eigenvalue weighted by molar-refractivity contribution is 5.60. The summed E-state index contributed by atoms with van der Waals surface area (Å²) in [5.41, 5.74) is 0.0754. The Morgan fingerprint density at radius 2 is 1.78 bits per heavy atom. The van der Waals surface area contributed by atoms with E-state index in [1.807, 2.05) is 0 Å². The summed E-state index contributed by atoms with van der Waals surface area (Å²) in [4.78, 5) is 9.96. The van der Waals surface area contributed by atoms with Gasteiger partial charge >= 0.3 is 6.36 Å². The van der Waals surface area contributed by atoms with Crippen LogP contribution in [0.2, 0.25) is 0 Å². The number of ether oxygens (including phenoxy) is 1. The lowest BCUT2D eigenvalue weighted by Gasteiger charge is -2.33. The zero-order valence-electron chi connectivity index (χ0n) is 19.5. The van der Waals surface area contributed by atoms with Crippen LogP contribution in [0, 0.1) is 11.6 Å². The Kier molecular flexibility index (Phi) is 7.50. The molecule has 0 aliphatic heterocycles. The molecule has 194 valence electrons. The molecule has 37 heavy (non-hydrogen) atoms. The highest BCUT2D eigenvalue weighted by Crippen LogP contribution is 2.29. The third-order valence-corrected chi connectivity index (χ3v) is 5.52. The van der Waals surface area contributed by atoms with Gasteiger partial charge in [0.2, 0.25) is 0 Å². The van der Waals surface area contributed by atoms with Crippen molar-refractivity contribution in [3.8, 4) is 17.0 Å². The quantitative estimate of drug-likeness (QED) is 0.328. The summed E-state index contributed by atoms with van der Waals surface area (Å²) in [5, 5.41) is 15.5. The number of benzene rings is 2. The number of aliphatic hydroxyl groups is 1. The fourth-order valence-corrected chi connectivity index (χ4v) is 4.00. The average Bonchev–Trinajstić information content (AvgIpc) is 3.31. The second kappa shape index (κ2) is 10.6. The lowest BCUT2D eigenvalue weighted by molar-refractivity contribution is -0.274. The molecule has 0 spiro atoms. The van der Waals surface area contributed by atoms with Crippen molar-refractivity contribution >= 4 is 0 Å². The third-order valence-electron chi connectivity index (χ3n) is 5.52. The highest BCUT2D eigenvalue weighted by atomic mass is 19.4. The molecule has 0 fully saturated rings. The Labute approximate surface area is 208 Å². The zero-order chi connectivity index (χ0) is 26.6. The Bertz CT molecular complexity index is 1320. The van der Waals surface area contributed by atoms with Crippen LogP contribution in [0.1, 0.15) is 11.1 Å². The van der Waals surface area contributed by atoms with E-state index in [1.165, 1.54) is 47.7 Å². The third kappa shape index (κ3) is 6.86. The molecule has 4 rings (SSSR count). The fraction of sp³-hybridized carbons (Fsp3) is 0.240. The molecule has 0 radical (unpaired) electrons. The molecule has 7 nitrogen and oxygen atoms in total. The molecule has 1 atom stereocenters. The zero-order valence-corrected chi connectivity index (χ0v) is 19.5. The van der Waals surface area contributed by atoms with E-state index in [-0.39, 0.29) is 24.4 Å². The molecule has 0 saturated carbocycles. The first-order valence-electron chi connectivity index (χ1n) is 11.0. The SMILES string of the molecule is CN(Cc1ccc(-c2ccc(OC(F)(F)F)cc2)nc1)CC(O)(Cn1cncn1)c1ccc(F)cc1F. The largest absolute Gasteiger partial charge is 0.573 e. The summed E-state index contributed by atoms with van der Waals surface area (Å²) in [6.07, 6.45) is -0.496. The van der Waals surface area contributed by atoms with Crippen molar-refractivity contribution in [1.82, 2.24) is 24.6 Å². The van der Waals surface area contributed by atoms with Gasteiger partial charge in [-0.05, 0) is 49.0 Å². The van der Waals surface area contributed by atoms with Gasteiger partial charge in [-0.3, -0.25) is 9.88 Å². The second-order valence-corrected chi connectivity index (χ2v) is 8.54. The molecule has 2 heterocycles. The van der Waals surface area contributed by atoms with Gasteiger partial charge in [0, 0.05) is 36.5 Å². The summed E-state index contributed by atoms with van der Waals surface area (Å²) in [5.74, 6) is -1.97. The molecule has 2 aromatic carbocycles. The van der Waals surface area contributed by atoms with Crippen LogP contribution in [0.15, 0.2) is 73.4 Å². The van der Waals surface area contributed by atoms with E-state index in [1.54, 1.807) is 30.3 Å². The molecule has 12 heteroatoms. The predicted molar refractivity (Wildman–Crippen MR) is 123 cm³/mol. The van der Waals surface area contributed by atoms with Crippen LogP contribution in [0.4, 0.5) is 22.0 Å². The number of hydrogen-bond donors (Lipinski definition) is 1. The first kappa shape index (κ1) is 26.2. The average molecular weight is 519 g/mol. The van der Waals surface area contributed by atoms with Crippen LogP contribution in [-0.2, 0) is 18.7 Å². The first-order chi connectivity index (χ1) is 17.5. The minimum absolute atomic E-state index is 0.0299. The number of nitrogens with zero attached hydrogens (tertiary/aromatic N) is 5. The van der Waals surface area contributed by atoms with E-state index >= 15 is 0 Å². The van der Waals surface area contributed by atoms with Crippen LogP contribution < -0.4 is 4.74 Å². The molecule has 1 N–H and O–H groups in total. The molecule has 0 aliphatic rings. The minimum Gasteiger partial charge on any atom is -0.406 e. The summed E-state index contributed by atoms with van der Waals surface area (Å²) < 4.78 is 70.4. The van der Waals surface area contributed by atoms with E-state index in [4.69, 9.17) is 0 Å². The number of likely N-dealkylation sites (N-methyl/N-ethyl adjacent to an activating group) is 1. The lowest BCUT2D eigenvalue weighted by Crippen LogP contribution is -2.43. The summed E-state index contributed by atoms with van der Waals surface area (Å²) in [6, 6.07) is 11.8. The molecule has 4 aromatic rings. The monoisotopic (exact) mass is 519 g/mol. The summed E-state index contributed by atoms with van der Waals surface area (Å²) in [7, 11) is 1.72. The summed E-state index contributed by atoms with van der Waals surface area (Å²) in [6.45, 7) is 0.178. The van der Waals surface area contributed by atoms with Crippen molar-refractivity contribution in [1.29, 1.82) is 0 Å². The van der Waals surface area contributed by atoms with Crippen molar-refractivity contribution in [2.24, 2.45) is 0 Å². The van der Waals surface area contributed by atoms with Crippen molar-refractivity contribution in [2.45, 2.75) is 25.1 Å². The maximum Gasteiger partial charge on any atom is 0.573 e. The van der Waals surface area contributed by atoms with Crippen LogP contribution in [0.25, 0.3) is 11.3 Å². The van der Waals surface area contributed by atoms with Gasteiger partial charge in [0.15, 0.2) is 0 Å². The smallest absolute Gasteiger partial charge is 0.406 e. The molecular formula is C25H22F5N5O2. The van der Waals surface area contributed by atoms with Gasteiger partial charge in [0.05, 0.1) is 12.2 Å². The van der Waals surface area contributed by atoms with E-state index in [0.717, 1.165) is 11.6 Å². The van der Waals surface area contributed by atoms with Gasteiger partial charge in [0.1, 0.15) is 35.6 Å². The Morgan fingerprint density at radius 1 is 1.03 bits per heavy atom. The number of alkyl halides is 3. The number of pyridine rings is 1. The minimum atomic E-state index is -4.77. The number of halogens is 5. The van der Waals surface area contributed by atoms with Gasteiger partial charge in [-0.1, -0.05) is 12.1 Å². The topological polar surface area (TPSA) is 76.3 Å². The molecule has 0 saturated heterocycles. The van der Waals surface area contributed by atoms with Crippen LogP contribution in [-0.4, -0.2) is 49.7 Å². The van der Waals surface area contributed by atoms with E-state index in [0.29, 0.717) is 23.9 Å². The fourth-order valence-electron chi connectivity index (χ4n) is 4.00. The number of aromatic nitrogens is 4. The lowest BCUT2D eigenvalue weighted by atomic mass is 9.92. The molecular weight excluding hydrogens is 497 g/mol. The van der Waals surface area contributed by atoms with Crippen LogP contribution in [0.3, 0.4) is 0 Å². The number of hydrogen-bond acceptors (Lipinski definition) is 6. The maximum atomic E-state index is 14.6. The Morgan fingerprint density at radius 3 is 2.38 bits per heavy atom. The second-order valence-electron chi connectivity index (χ2n) is 8.54. The van der Waals surface area contributed by atoms with Gasteiger partial charge in [-0.25, -0.2) is 18.4 Å². The van der Waals surface area contributed by atoms with E-state index in [9.17, 15) is 27.1 Å². The van der Waals surface area contributed by atoms with Crippen molar-refractivity contribution in [2.75, 3.05) is 13.6 Å². The highest BCUT2D eigenvalue weighted by Gasteiger charge is 2.35. The standard InChI is InChI=1S/C25H22F5N5O2/c1-34(13-24(36,14-35-16-31-15-33-35)21-8-5-19(26)10-22(21)27)12-17-2-9-23(32-11-17)18-3-6-20(7-4-18)37-25(28,29)30/h2-11,15-16,36H,12-14H2,1H3. The maximum absolute atomic E-state index is 14.6.